The monoisotopic (exact) mass is 439 g/mol. The van der Waals surface area contributed by atoms with Gasteiger partial charge in [0.1, 0.15) is 11.2 Å². The number of rotatable bonds is 4. The minimum Gasteiger partial charge on any atom is -0.392 e. The maximum Gasteiger partial charge on any atom is 0.136 e. The predicted octanol–water partition coefficient (Wildman–Crippen LogP) is -1.04. The number of likely N-dealkylation sites (N-methyl/N-ethyl adjacent to an activating group) is 1. The van der Waals surface area contributed by atoms with E-state index < -0.39 is 64.3 Å². The summed E-state index contributed by atoms with van der Waals surface area (Å²) in [6.45, 7) is 3.77. The van der Waals surface area contributed by atoms with Crippen molar-refractivity contribution in [2.24, 2.45) is 34.5 Å². The summed E-state index contributed by atoms with van der Waals surface area (Å²) in [6, 6.07) is -0.571. The van der Waals surface area contributed by atoms with Gasteiger partial charge in [0.25, 0.3) is 0 Å². The van der Waals surface area contributed by atoms with E-state index in [1.54, 1.807) is 14.2 Å². The van der Waals surface area contributed by atoms with Gasteiger partial charge in [-0.3, -0.25) is 4.90 Å². The van der Waals surface area contributed by atoms with Crippen molar-refractivity contribution in [2.75, 3.05) is 33.9 Å². The molecule has 0 aromatic rings. The van der Waals surface area contributed by atoms with Crippen molar-refractivity contribution in [2.45, 2.75) is 74.3 Å². The standard InChI is InChI=1S/C23H37NO7/c1-4-24-9-20(10-30-2)6-5-14(25)22-12-7-11-13(31-3)8-21(28,15(12)16(11)26)23(29,19(22)24)18(27)17(20)22/h11-19,25-29H,4-10H2,1-3H3/t11-,12-,13+,14?,15-,16+,17-,18?,19+,20+,21-,22+,23-/m1/s1. The van der Waals surface area contributed by atoms with Crippen molar-refractivity contribution in [1.82, 2.24) is 4.90 Å². The highest BCUT2D eigenvalue weighted by atomic mass is 16.5. The van der Waals surface area contributed by atoms with Crippen LogP contribution in [0, 0.1) is 34.5 Å². The second-order valence-corrected chi connectivity index (χ2v) is 11.5. The minimum absolute atomic E-state index is 0.142. The van der Waals surface area contributed by atoms with E-state index in [1.165, 1.54) is 0 Å². The van der Waals surface area contributed by atoms with Crippen molar-refractivity contribution >= 4 is 0 Å². The SMILES string of the molecule is CCN1C[C@]2(COC)CCC(O)[C@@]34[C@@H]5C[C@H]6[C@H](O)[C@@H]5[C@](O)(C[C@@H]6OC)[C@@](O)(C(O)[C@H]23)[C@@H]14. The first-order chi connectivity index (χ1) is 14.7. The molecule has 1 heterocycles. The summed E-state index contributed by atoms with van der Waals surface area (Å²) in [4.78, 5) is 2.18. The molecule has 1 saturated heterocycles. The van der Waals surface area contributed by atoms with Crippen molar-refractivity contribution in [3.8, 4) is 0 Å². The van der Waals surface area contributed by atoms with Crippen LogP contribution in [-0.4, -0.2) is 106 Å². The summed E-state index contributed by atoms with van der Waals surface area (Å²) in [5, 5.41) is 59.6. The van der Waals surface area contributed by atoms with Gasteiger partial charge in [-0.2, -0.15) is 0 Å². The van der Waals surface area contributed by atoms with Crippen molar-refractivity contribution in [1.29, 1.82) is 0 Å². The molecule has 8 nitrogen and oxygen atoms in total. The van der Waals surface area contributed by atoms with Gasteiger partial charge in [-0.05, 0) is 31.7 Å². The molecule has 8 heteroatoms. The molecule has 5 aliphatic carbocycles. The molecule has 6 rings (SSSR count). The molecular formula is C23H37NO7. The number of piperidine rings is 1. The molecule has 13 atom stereocenters. The lowest BCUT2D eigenvalue weighted by Crippen LogP contribution is -2.81. The first-order valence-electron chi connectivity index (χ1n) is 11.9. The largest absolute Gasteiger partial charge is 0.392 e. The molecule has 6 aliphatic rings. The third-order valence-corrected chi connectivity index (χ3v) is 11.0. The van der Waals surface area contributed by atoms with Crippen LogP contribution in [0.25, 0.3) is 0 Å². The third kappa shape index (κ3) is 1.93. The van der Waals surface area contributed by atoms with Crippen LogP contribution in [0.4, 0.5) is 0 Å². The van der Waals surface area contributed by atoms with E-state index in [2.05, 4.69) is 4.90 Å². The van der Waals surface area contributed by atoms with Gasteiger partial charge < -0.3 is 35.0 Å². The van der Waals surface area contributed by atoms with Crippen LogP contribution >= 0.6 is 0 Å². The highest BCUT2D eigenvalue weighted by Crippen LogP contribution is 2.79. The zero-order valence-electron chi connectivity index (χ0n) is 18.6. The Hall–Kier alpha value is -0.320. The first kappa shape index (κ1) is 21.2. The fraction of sp³-hybridized carbons (Fsp3) is 1.00. The minimum atomic E-state index is -1.86. The van der Waals surface area contributed by atoms with E-state index in [-0.39, 0.29) is 18.3 Å². The number of fused-ring (bicyclic) bond motifs is 2. The second-order valence-electron chi connectivity index (χ2n) is 11.5. The molecule has 5 saturated carbocycles. The molecule has 2 unspecified atom stereocenters. The van der Waals surface area contributed by atoms with Crippen LogP contribution in [0.3, 0.4) is 0 Å². The highest BCUT2D eigenvalue weighted by Gasteiger charge is 2.90. The topological polar surface area (TPSA) is 123 Å². The molecule has 0 aromatic heterocycles. The molecular weight excluding hydrogens is 402 g/mol. The van der Waals surface area contributed by atoms with Gasteiger partial charge in [0.05, 0.1) is 37.1 Å². The number of hydrogen-bond acceptors (Lipinski definition) is 8. The quantitative estimate of drug-likeness (QED) is 0.377. The van der Waals surface area contributed by atoms with Crippen LogP contribution in [0.15, 0.2) is 0 Å². The van der Waals surface area contributed by atoms with Crippen molar-refractivity contribution in [3.63, 3.8) is 0 Å². The Labute approximate surface area is 183 Å². The lowest BCUT2D eigenvalue weighted by atomic mass is 9.42. The number of methoxy groups -OCH3 is 2. The zero-order chi connectivity index (χ0) is 22.1. The predicted molar refractivity (Wildman–Crippen MR) is 109 cm³/mol. The second kappa shape index (κ2) is 6.21. The lowest BCUT2D eigenvalue weighted by molar-refractivity contribution is -0.316. The number of likely N-dealkylation sites (tertiary alicyclic amines) is 1. The fourth-order valence-electron chi connectivity index (χ4n) is 10.4. The lowest BCUT2D eigenvalue weighted by Gasteiger charge is -2.69. The Morgan fingerprint density at radius 3 is 2.52 bits per heavy atom. The molecule has 31 heavy (non-hydrogen) atoms. The van der Waals surface area contributed by atoms with Crippen molar-refractivity contribution < 1.29 is 35.0 Å². The van der Waals surface area contributed by atoms with Crippen LogP contribution in [0.1, 0.15) is 32.6 Å². The number of aliphatic hydroxyl groups excluding tert-OH is 3. The van der Waals surface area contributed by atoms with E-state index in [0.717, 1.165) is 0 Å². The molecule has 0 radical (unpaired) electrons. The smallest absolute Gasteiger partial charge is 0.136 e. The number of ether oxygens (including phenoxy) is 2. The van der Waals surface area contributed by atoms with Crippen LogP contribution in [0.5, 0.6) is 0 Å². The Kier molecular flexibility index (Phi) is 4.26. The molecule has 1 spiro atoms. The molecule has 5 N–H and O–H groups in total. The summed E-state index contributed by atoms with van der Waals surface area (Å²) in [6.07, 6.45) is -1.06. The molecule has 6 fully saturated rings. The van der Waals surface area contributed by atoms with Gasteiger partial charge in [-0.15, -0.1) is 0 Å². The Balaban J connectivity index is 1.65. The molecule has 0 amide bonds. The van der Waals surface area contributed by atoms with Crippen LogP contribution in [-0.2, 0) is 9.47 Å². The van der Waals surface area contributed by atoms with Gasteiger partial charge in [-0.1, -0.05) is 6.92 Å². The van der Waals surface area contributed by atoms with E-state index in [4.69, 9.17) is 9.47 Å². The van der Waals surface area contributed by atoms with Crippen LogP contribution < -0.4 is 0 Å². The van der Waals surface area contributed by atoms with Crippen LogP contribution in [0.2, 0.25) is 0 Å². The average molecular weight is 440 g/mol. The van der Waals surface area contributed by atoms with Gasteiger partial charge >= 0.3 is 0 Å². The summed E-state index contributed by atoms with van der Waals surface area (Å²) >= 11 is 0. The summed E-state index contributed by atoms with van der Waals surface area (Å²) in [5.74, 6) is -1.33. The fourth-order valence-corrected chi connectivity index (χ4v) is 10.4. The van der Waals surface area contributed by atoms with Gasteiger partial charge in [0.2, 0.25) is 0 Å². The third-order valence-electron chi connectivity index (χ3n) is 11.0. The van der Waals surface area contributed by atoms with Gasteiger partial charge in [0.15, 0.2) is 0 Å². The maximum absolute atomic E-state index is 12.5. The van der Waals surface area contributed by atoms with E-state index in [0.29, 0.717) is 39.0 Å². The molecule has 0 aromatic carbocycles. The van der Waals surface area contributed by atoms with E-state index in [1.807, 2.05) is 6.92 Å². The molecule has 176 valence electrons. The first-order valence-corrected chi connectivity index (χ1v) is 11.9. The van der Waals surface area contributed by atoms with Crippen molar-refractivity contribution in [3.05, 3.63) is 0 Å². The summed E-state index contributed by atoms with van der Waals surface area (Å²) in [5.41, 5.74) is -4.76. The Morgan fingerprint density at radius 1 is 1.13 bits per heavy atom. The molecule has 1 aliphatic heterocycles. The van der Waals surface area contributed by atoms with Gasteiger partial charge in [-0.25, -0.2) is 0 Å². The van der Waals surface area contributed by atoms with E-state index in [9.17, 15) is 25.5 Å². The average Bonchev–Trinajstić information content (AvgIpc) is 3.10. The highest BCUT2D eigenvalue weighted by molar-refractivity contribution is 5.41. The molecule has 7 bridgehead atoms. The normalized spacial score (nSPS) is 64.1. The Bertz CT molecular complexity index is 783. The zero-order valence-corrected chi connectivity index (χ0v) is 18.6. The summed E-state index contributed by atoms with van der Waals surface area (Å²) < 4.78 is 11.4. The van der Waals surface area contributed by atoms with E-state index >= 15 is 0 Å². The maximum atomic E-state index is 12.5. The number of hydrogen-bond donors (Lipinski definition) is 5. The number of aliphatic hydroxyl groups is 5. The number of nitrogens with zero attached hydrogens (tertiary/aromatic N) is 1. The van der Waals surface area contributed by atoms with Gasteiger partial charge in [0, 0.05) is 55.8 Å². The summed E-state index contributed by atoms with van der Waals surface area (Å²) in [7, 11) is 3.24. The Morgan fingerprint density at radius 2 is 1.87 bits per heavy atom.